The number of nitrogens with two attached hydrogens (primary N) is 1. The van der Waals surface area contributed by atoms with Gasteiger partial charge in [0.05, 0.1) is 6.10 Å². The molecule has 2 rings (SSSR count). The Balaban J connectivity index is 2.32. The molecule has 4 heteroatoms. The average Bonchev–Trinajstić information content (AvgIpc) is 2.21. The maximum Gasteiger partial charge on any atom is 0.129 e. The smallest absolute Gasteiger partial charge is 0.129 e. The summed E-state index contributed by atoms with van der Waals surface area (Å²) in [7, 11) is 0. The molecule has 1 aliphatic rings. The van der Waals surface area contributed by atoms with Crippen molar-refractivity contribution in [2.75, 3.05) is 6.54 Å². The third kappa shape index (κ3) is 1.90. The molecule has 0 radical (unpaired) electrons. The van der Waals surface area contributed by atoms with Gasteiger partial charge < -0.3 is 10.8 Å². The van der Waals surface area contributed by atoms with Crippen LogP contribution in [0.15, 0.2) is 22.7 Å². The Kier molecular flexibility index (Phi) is 3.33. The van der Waals surface area contributed by atoms with Gasteiger partial charge >= 0.3 is 0 Å². The van der Waals surface area contributed by atoms with Crippen molar-refractivity contribution in [3.05, 3.63) is 34.1 Å². The van der Waals surface area contributed by atoms with Gasteiger partial charge in [0.1, 0.15) is 5.82 Å². The Bertz CT molecular complexity index is 387. The van der Waals surface area contributed by atoms with Crippen molar-refractivity contribution in [1.82, 2.24) is 0 Å². The second-order valence-corrected chi connectivity index (χ2v) is 5.40. The molecule has 0 amide bonds. The molecule has 16 heavy (non-hydrogen) atoms. The maximum absolute atomic E-state index is 13.6. The van der Waals surface area contributed by atoms with E-state index < -0.39 is 6.10 Å². The van der Waals surface area contributed by atoms with Gasteiger partial charge in [0, 0.05) is 22.0 Å². The molecule has 0 aromatic heterocycles. The first kappa shape index (κ1) is 12.0. The number of rotatable bonds is 3. The lowest BCUT2D eigenvalue weighted by Crippen LogP contribution is -2.42. The highest BCUT2D eigenvalue weighted by molar-refractivity contribution is 9.10. The van der Waals surface area contributed by atoms with Crippen LogP contribution < -0.4 is 5.73 Å². The van der Waals surface area contributed by atoms with Gasteiger partial charge in [-0.25, -0.2) is 4.39 Å². The summed E-state index contributed by atoms with van der Waals surface area (Å²) in [6.45, 7) is 0.403. The monoisotopic (exact) mass is 287 g/mol. The van der Waals surface area contributed by atoms with Gasteiger partial charge in [-0.3, -0.25) is 0 Å². The van der Waals surface area contributed by atoms with Crippen molar-refractivity contribution < 1.29 is 9.50 Å². The van der Waals surface area contributed by atoms with Gasteiger partial charge in [-0.2, -0.15) is 0 Å². The second kappa shape index (κ2) is 4.43. The summed E-state index contributed by atoms with van der Waals surface area (Å²) >= 11 is 3.28. The van der Waals surface area contributed by atoms with Crippen molar-refractivity contribution in [3.8, 4) is 0 Å². The third-order valence-corrected chi connectivity index (χ3v) is 4.08. The first-order chi connectivity index (χ1) is 7.59. The molecule has 88 valence electrons. The summed E-state index contributed by atoms with van der Waals surface area (Å²) < 4.78 is 14.4. The van der Waals surface area contributed by atoms with E-state index in [0.29, 0.717) is 12.1 Å². The average molecular weight is 288 g/mol. The molecular weight excluding hydrogens is 273 g/mol. The topological polar surface area (TPSA) is 46.2 Å². The highest BCUT2D eigenvalue weighted by Gasteiger charge is 2.43. The summed E-state index contributed by atoms with van der Waals surface area (Å²) in [5.74, 6) is -0.365. The van der Waals surface area contributed by atoms with Crippen LogP contribution in [0.25, 0.3) is 0 Å². The quantitative estimate of drug-likeness (QED) is 0.898. The van der Waals surface area contributed by atoms with Crippen LogP contribution in [0.3, 0.4) is 0 Å². The number of aliphatic hydroxyl groups excluding tert-OH is 1. The molecule has 0 aliphatic heterocycles. The predicted molar refractivity (Wildman–Crippen MR) is 64.4 cm³/mol. The van der Waals surface area contributed by atoms with Crippen molar-refractivity contribution >= 4 is 15.9 Å². The number of halogens is 2. The van der Waals surface area contributed by atoms with E-state index in [-0.39, 0.29) is 11.2 Å². The zero-order valence-corrected chi connectivity index (χ0v) is 10.5. The molecule has 1 saturated carbocycles. The number of aliphatic hydroxyl groups is 1. The highest BCUT2D eigenvalue weighted by Crippen LogP contribution is 2.50. The van der Waals surface area contributed by atoms with Crippen molar-refractivity contribution in [1.29, 1.82) is 0 Å². The SMILES string of the molecule is NCC1(C(O)c2cc(Br)ccc2F)CCC1. The summed E-state index contributed by atoms with van der Waals surface area (Å²) in [6.07, 6.45) is 2.00. The Morgan fingerprint density at radius 1 is 1.50 bits per heavy atom. The molecule has 0 saturated heterocycles. The fourth-order valence-corrected chi connectivity index (χ4v) is 2.65. The summed E-state index contributed by atoms with van der Waals surface area (Å²) in [5.41, 5.74) is 5.73. The third-order valence-electron chi connectivity index (χ3n) is 3.59. The minimum Gasteiger partial charge on any atom is -0.388 e. The van der Waals surface area contributed by atoms with Gasteiger partial charge in [-0.1, -0.05) is 22.4 Å². The van der Waals surface area contributed by atoms with E-state index in [1.54, 1.807) is 12.1 Å². The molecule has 1 aromatic carbocycles. The second-order valence-electron chi connectivity index (χ2n) is 4.49. The van der Waals surface area contributed by atoms with Gasteiger partial charge in [0.25, 0.3) is 0 Å². The minimum atomic E-state index is -0.802. The summed E-state index contributed by atoms with van der Waals surface area (Å²) in [6, 6.07) is 4.63. The standard InChI is InChI=1S/C12H15BrFNO/c13-8-2-3-10(14)9(6-8)11(16)12(7-15)4-1-5-12/h2-3,6,11,16H,1,4-5,7,15H2. The summed E-state index contributed by atoms with van der Waals surface area (Å²) in [4.78, 5) is 0. The number of hydrogen-bond acceptors (Lipinski definition) is 2. The van der Waals surface area contributed by atoms with Crippen LogP contribution >= 0.6 is 15.9 Å². The molecule has 1 fully saturated rings. The minimum absolute atomic E-state index is 0.318. The molecule has 1 aromatic rings. The van der Waals surface area contributed by atoms with Crippen LogP contribution in [0.2, 0.25) is 0 Å². The Hall–Kier alpha value is -0.450. The van der Waals surface area contributed by atoms with Gasteiger partial charge in [-0.15, -0.1) is 0 Å². The first-order valence-corrected chi connectivity index (χ1v) is 6.21. The lowest BCUT2D eigenvalue weighted by atomic mass is 9.63. The molecule has 0 heterocycles. The van der Waals surface area contributed by atoms with Crippen molar-refractivity contribution in [3.63, 3.8) is 0 Å². The number of hydrogen-bond donors (Lipinski definition) is 2. The van der Waals surface area contributed by atoms with Crippen LogP contribution in [-0.2, 0) is 0 Å². The van der Waals surface area contributed by atoms with E-state index in [2.05, 4.69) is 15.9 Å². The van der Waals surface area contributed by atoms with Crippen LogP contribution in [-0.4, -0.2) is 11.7 Å². The molecule has 1 unspecified atom stereocenters. The molecule has 2 nitrogen and oxygen atoms in total. The van der Waals surface area contributed by atoms with Gasteiger partial charge in [0.15, 0.2) is 0 Å². The highest BCUT2D eigenvalue weighted by atomic mass is 79.9. The molecule has 0 bridgehead atoms. The maximum atomic E-state index is 13.6. The lowest BCUT2D eigenvalue weighted by molar-refractivity contribution is -0.0316. The Morgan fingerprint density at radius 2 is 2.19 bits per heavy atom. The fourth-order valence-electron chi connectivity index (χ4n) is 2.27. The fraction of sp³-hybridized carbons (Fsp3) is 0.500. The Morgan fingerprint density at radius 3 is 2.69 bits per heavy atom. The van der Waals surface area contributed by atoms with E-state index in [0.717, 1.165) is 23.7 Å². The van der Waals surface area contributed by atoms with Crippen LogP contribution in [0.1, 0.15) is 30.9 Å². The van der Waals surface area contributed by atoms with Gasteiger partial charge in [-0.05, 0) is 31.0 Å². The Labute approximate surface area is 103 Å². The van der Waals surface area contributed by atoms with Crippen LogP contribution in [0, 0.1) is 11.2 Å². The summed E-state index contributed by atoms with van der Waals surface area (Å²) in [5, 5.41) is 10.3. The lowest BCUT2D eigenvalue weighted by Gasteiger charge is -2.44. The normalized spacial score (nSPS) is 20.2. The van der Waals surface area contributed by atoms with E-state index in [4.69, 9.17) is 5.73 Å². The van der Waals surface area contributed by atoms with Crippen LogP contribution in [0.4, 0.5) is 4.39 Å². The molecule has 1 aliphatic carbocycles. The van der Waals surface area contributed by atoms with E-state index >= 15 is 0 Å². The molecule has 1 atom stereocenters. The van der Waals surface area contributed by atoms with Crippen molar-refractivity contribution in [2.24, 2.45) is 11.1 Å². The molecular formula is C12H15BrFNO. The van der Waals surface area contributed by atoms with Crippen molar-refractivity contribution in [2.45, 2.75) is 25.4 Å². The zero-order valence-electron chi connectivity index (χ0n) is 8.92. The van der Waals surface area contributed by atoms with E-state index in [1.807, 2.05) is 0 Å². The van der Waals surface area contributed by atoms with E-state index in [1.165, 1.54) is 6.07 Å². The van der Waals surface area contributed by atoms with Crippen LogP contribution in [0.5, 0.6) is 0 Å². The first-order valence-electron chi connectivity index (χ1n) is 5.42. The number of benzene rings is 1. The zero-order chi connectivity index (χ0) is 11.8. The largest absolute Gasteiger partial charge is 0.388 e. The molecule has 0 spiro atoms. The van der Waals surface area contributed by atoms with Gasteiger partial charge in [0.2, 0.25) is 0 Å². The molecule has 3 N–H and O–H groups in total. The predicted octanol–water partition coefficient (Wildman–Crippen LogP) is 2.75. The van der Waals surface area contributed by atoms with E-state index in [9.17, 15) is 9.50 Å².